The molecule has 0 aliphatic carbocycles. The number of likely N-dealkylation sites (N-methyl/N-ethyl adjacent to an activating group) is 1. The van der Waals surface area contributed by atoms with Gasteiger partial charge in [-0.15, -0.1) is 0 Å². The predicted octanol–water partition coefficient (Wildman–Crippen LogP) is 2.23. The van der Waals surface area contributed by atoms with E-state index in [0.29, 0.717) is 6.61 Å². The molecule has 0 amide bonds. The fourth-order valence-electron chi connectivity index (χ4n) is 1.59. The SMILES string of the molecule is CCOCCN(C)C(C)C(=O)c1ccccc1. The van der Waals surface area contributed by atoms with Gasteiger partial charge in [-0.25, -0.2) is 0 Å². The van der Waals surface area contributed by atoms with E-state index in [2.05, 4.69) is 0 Å². The average molecular weight is 235 g/mol. The lowest BCUT2D eigenvalue weighted by Crippen LogP contribution is -2.38. The third kappa shape index (κ3) is 4.29. The first-order chi connectivity index (χ1) is 8.16. The van der Waals surface area contributed by atoms with Crippen molar-refractivity contribution in [2.24, 2.45) is 0 Å². The summed E-state index contributed by atoms with van der Waals surface area (Å²) in [5, 5.41) is 0. The van der Waals surface area contributed by atoms with Crippen LogP contribution in [0.25, 0.3) is 0 Å². The number of hydrogen-bond acceptors (Lipinski definition) is 3. The highest BCUT2D eigenvalue weighted by atomic mass is 16.5. The minimum absolute atomic E-state index is 0.113. The first kappa shape index (κ1) is 13.9. The van der Waals surface area contributed by atoms with Crippen molar-refractivity contribution in [1.29, 1.82) is 0 Å². The van der Waals surface area contributed by atoms with Crippen molar-refractivity contribution in [2.45, 2.75) is 19.9 Å². The Morgan fingerprint density at radius 1 is 1.35 bits per heavy atom. The average Bonchev–Trinajstić information content (AvgIpc) is 2.38. The number of benzene rings is 1. The van der Waals surface area contributed by atoms with Gasteiger partial charge in [0.2, 0.25) is 0 Å². The van der Waals surface area contributed by atoms with Crippen LogP contribution in [0.2, 0.25) is 0 Å². The molecule has 0 aromatic heterocycles. The Hall–Kier alpha value is -1.19. The van der Waals surface area contributed by atoms with Crippen LogP contribution in [0.15, 0.2) is 30.3 Å². The van der Waals surface area contributed by atoms with Crippen molar-refractivity contribution in [3.8, 4) is 0 Å². The molecular formula is C14H21NO2. The Bertz CT molecular complexity index is 337. The minimum Gasteiger partial charge on any atom is -0.380 e. The molecule has 0 aliphatic rings. The fourth-order valence-corrected chi connectivity index (χ4v) is 1.59. The second kappa shape index (κ2) is 7.20. The van der Waals surface area contributed by atoms with Crippen molar-refractivity contribution in [3.05, 3.63) is 35.9 Å². The van der Waals surface area contributed by atoms with Gasteiger partial charge in [0.25, 0.3) is 0 Å². The molecule has 3 heteroatoms. The Morgan fingerprint density at radius 3 is 2.59 bits per heavy atom. The van der Waals surface area contributed by atoms with Crippen LogP contribution in [0.3, 0.4) is 0 Å². The number of carbonyl (C=O) groups excluding carboxylic acids is 1. The lowest BCUT2D eigenvalue weighted by atomic mass is 10.0. The molecule has 94 valence electrons. The third-order valence-corrected chi connectivity index (χ3v) is 2.89. The van der Waals surface area contributed by atoms with Crippen molar-refractivity contribution >= 4 is 5.78 Å². The molecule has 0 bridgehead atoms. The number of ketones is 1. The Balaban J connectivity index is 2.51. The van der Waals surface area contributed by atoms with Gasteiger partial charge < -0.3 is 4.74 Å². The fraction of sp³-hybridized carbons (Fsp3) is 0.500. The number of Topliss-reactive ketones (excluding diaryl/α,β-unsaturated/α-hetero) is 1. The van der Waals surface area contributed by atoms with Crippen LogP contribution in [0, 0.1) is 0 Å². The monoisotopic (exact) mass is 235 g/mol. The van der Waals surface area contributed by atoms with E-state index in [9.17, 15) is 4.79 Å². The van der Waals surface area contributed by atoms with Crippen LogP contribution in [0.1, 0.15) is 24.2 Å². The molecule has 3 nitrogen and oxygen atoms in total. The Labute approximate surface area is 103 Å². The largest absolute Gasteiger partial charge is 0.380 e. The lowest BCUT2D eigenvalue weighted by molar-refractivity contribution is 0.0789. The maximum absolute atomic E-state index is 12.1. The van der Waals surface area contributed by atoms with Gasteiger partial charge in [0.05, 0.1) is 12.6 Å². The molecule has 1 rings (SSSR count). The summed E-state index contributed by atoms with van der Waals surface area (Å²) < 4.78 is 5.29. The topological polar surface area (TPSA) is 29.5 Å². The van der Waals surface area contributed by atoms with Crippen molar-refractivity contribution in [3.63, 3.8) is 0 Å². The van der Waals surface area contributed by atoms with Gasteiger partial charge in [-0.05, 0) is 20.9 Å². The van der Waals surface area contributed by atoms with Crippen molar-refractivity contribution in [1.82, 2.24) is 4.90 Å². The van der Waals surface area contributed by atoms with Gasteiger partial charge in [-0.3, -0.25) is 9.69 Å². The molecule has 0 aliphatic heterocycles. The standard InChI is InChI=1S/C14H21NO2/c1-4-17-11-10-15(3)12(2)14(16)13-8-6-5-7-9-13/h5-9,12H,4,10-11H2,1-3H3. The molecule has 0 saturated heterocycles. The van der Waals surface area contributed by atoms with E-state index in [4.69, 9.17) is 4.74 Å². The van der Waals surface area contributed by atoms with Crippen LogP contribution < -0.4 is 0 Å². The van der Waals surface area contributed by atoms with E-state index in [0.717, 1.165) is 18.7 Å². The van der Waals surface area contributed by atoms with Gasteiger partial charge in [0, 0.05) is 18.7 Å². The van der Waals surface area contributed by atoms with Gasteiger partial charge in [0.15, 0.2) is 5.78 Å². The first-order valence-electron chi connectivity index (χ1n) is 6.04. The maximum atomic E-state index is 12.1. The molecule has 0 N–H and O–H groups in total. The molecule has 0 fully saturated rings. The highest BCUT2D eigenvalue weighted by Crippen LogP contribution is 2.07. The second-order valence-electron chi connectivity index (χ2n) is 4.08. The summed E-state index contributed by atoms with van der Waals surface area (Å²) in [7, 11) is 1.95. The number of hydrogen-bond donors (Lipinski definition) is 0. The highest BCUT2D eigenvalue weighted by molar-refractivity contribution is 5.99. The van der Waals surface area contributed by atoms with Crippen LogP contribution in [0.4, 0.5) is 0 Å². The number of rotatable bonds is 7. The summed E-state index contributed by atoms with van der Waals surface area (Å²) in [6, 6.07) is 9.29. The molecule has 17 heavy (non-hydrogen) atoms. The second-order valence-corrected chi connectivity index (χ2v) is 4.08. The van der Waals surface area contributed by atoms with E-state index in [1.807, 2.05) is 56.1 Å². The quantitative estimate of drug-likeness (QED) is 0.536. The van der Waals surface area contributed by atoms with E-state index in [-0.39, 0.29) is 11.8 Å². The van der Waals surface area contributed by atoms with Gasteiger partial charge in [0.1, 0.15) is 0 Å². The number of ether oxygens (including phenoxy) is 1. The Kier molecular flexibility index (Phi) is 5.87. The normalized spacial score (nSPS) is 12.7. The minimum atomic E-state index is -0.113. The number of nitrogens with zero attached hydrogens (tertiary/aromatic N) is 1. The van der Waals surface area contributed by atoms with Crippen molar-refractivity contribution in [2.75, 3.05) is 26.8 Å². The predicted molar refractivity (Wildman–Crippen MR) is 69.4 cm³/mol. The zero-order valence-electron chi connectivity index (χ0n) is 10.8. The molecule has 1 unspecified atom stereocenters. The van der Waals surface area contributed by atoms with Crippen LogP contribution in [0.5, 0.6) is 0 Å². The molecule has 0 saturated carbocycles. The summed E-state index contributed by atoms with van der Waals surface area (Å²) in [4.78, 5) is 14.2. The van der Waals surface area contributed by atoms with Gasteiger partial charge >= 0.3 is 0 Å². The van der Waals surface area contributed by atoms with E-state index in [1.165, 1.54) is 0 Å². The highest BCUT2D eigenvalue weighted by Gasteiger charge is 2.18. The van der Waals surface area contributed by atoms with Crippen molar-refractivity contribution < 1.29 is 9.53 Å². The van der Waals surface area contributed by atoms with E-state index >= 15 is 0 Å². The zero-order valence-corrected chi connectivity index (χ0v) is 10.8. The molecule has 0 heterocycles. The van der Waals surface area contributed by atoms with Crippen LogP contribution >= 0.6 is 0 Å². The summed E-state index contributed by atoms with van der Waals surface area (Å²) in [6.07, 6.45) is 0. The van der Waals surface area contributed by atoms with E-state index < -0.39 is 0 Å². The van der Waals surface area contributed by atoms with Gasteiger partial charge in [-0.1, -0.05) is 30.3 Å². The Morgan fingerprint density at radius 2 is 2.00 bits per heavy atom. The molecule has 0 spiro atoms. The van der Waals surface area contributed by atoms with Crippen LogP contribution in [-0.4, -0.2) is 43.5 Å². The molecular weight excluding hydrogens is 214 g/mol. The molecule has 0 radical (unpaired) electrons. The maximum Gasteiger partial charge on any atom is 0.179 e. The number of carbonyl (C=O) groups is 1. The van der Waals surface area contributed by atoms with Crippen LogP contribution in [-0.2, 0) is 4.74 Å². The summed E-state index contributed by atoms with van der Waals surface area (Å²) >= 11 is 0. The molecule has 1 aromatic rings. The summed E-state index contributed by atoms with van der Waals surface area (Å²) in [6.45, 7) is 6.06. The first-order valence-corrected chi connectivity index (χ1v) is 6.04. The zero-order chi connectivity index (χ0) is 12.7. The van der Waals surface area contributed by atoms with E-state index in [1.54, 1.807) is 0 Å². The smallest absolute Gasteiger partial charge is 0.179 e. The third-order valence-electron chi connectivity index (χ3n) is 2.89. The summed E-state index contributed by atoms with van der Waals surface area (Å²) in [5.74, 6) is 0.157. The molecule has 1 aromatic carbocycles. The summed E-state index contributed by atoms with van der Waals surface area (Å²) in [5.41, 5.74) is 0.767. The molecule has 1 atom stereocenters. The lowest BCUT2D eigenvalue weighted by Gasteiger charge is -2.23. The van der Waals surface area contributed by atoms with Gasteiger partial charge in [-0.2, -0.15) is 0 Å².